The SMILES string of the molecule is COc1ccccc1OCC(=O)NC1CCCCC1O. The minimum absolute atomic E-state index is 0.0798. The molecule has 1 fully saturated rings. The van der Waals surface area contributed by atoms with Crippen LogP contribution in [0.2, 0.25) is 0 Å². The predicted octanol–water partition coefficient (Wildman–Crippen LogP) is 1.49. The minimum Gasteiger partial charge on any atom is -0.493 e. The molecule has 1 aliphatic carbocycles. The third kappa shape index (κ3) is 3.87. The molecule has 110 valence electrons. The molecule has 1 aromatic rings. The van der Waals surface area contributed by atoms with Gasteiger partial charge in [-0.15, -0.1) is 0 Å². The number of nitrogens with one attached hydrogen (secondary N) is 1. The van der Waals surface area contributed by atoms with E-state index in [1.54, 1.807) is 19.2 Å². The summed E-state index contributed by atoms with van der Waals surface area (Å²) in [6.45, 7) is -0.0798. The molecule has 0 aromatic heterocycles. The van der Waals surface area contributed by atoms with Crippen molar-refractivity contribution >= 4 is 5.91 Å². The monoisotopic (exact) mass is 279 g/mol. The number of hydrogen-bond donors (Lipinski definition) is 2. The summed E-state index contributed by atoms with van der Waals surface area (Å²) in [5, 5.41) is 12.6. The maximum absolute atomic E-state index is 11.8. The lowest BCUT2D eigenvalue weighted by Crippen LogP contribution is -2.46. The Kier molecular flexibility index (Phi) is 5.24. The summed E-state index contributed by atoms with van der Waals surface area (Å²) in [6, 6.07) is 7.03. The zero-order valence-corrected chi connectivity index (χ0v) is 11.7. The molecule has 0 bridgehead atoms. The summed E-state index contributed by atoms with van der Waals surface area (Å²) in [5.41, 5.74) is 0. The summed E-state index contributed by atoms with van der Waals surface area (Å²) < 4.78 is 10.6. The van der Waals surface area contributed by atoms with Crippen LogP contribution >= 0.6 is 0 Å². The molecule has 0 heterocycles. The highest BCUT2D eigenvalue weighted by atomic mass is 16.5. The maximum Gasteiger partial charge on any atom is 0.258 e. The van der Waals surface area contributed by atoms with E-state index in [2.05, 4.69) is 5.32 Å². The van der Waals surface area contributed by atoms with E-state index in [4.69, 9.17) is 9.47 Å². The van der Waals surface area contributed by atoms with Crippen LogP contribution in [0.4, 0.5) is 0 Å². The number of aliphatic hydroxyl groups is 1. The Balaban J connectivity index is 1.82. The highest BCUT2D eigenvalue weighted by Gasteiger charge is 2.24. The lowest BCUT2D eigenvalue weighted by molar-refractivity contribution is -0.125. The molecule has 0 saturated heterocycles. The minimum atomic E-state index is -0.445. The van der Waals surface area contributed by atoms with E-state index in [0.29, 0.717) is 11.5 Å². The van der Waals surface area contributed by atoms with Crippen LogP contribution in [0.25, 0.3) is 0 Å². The van der Waals surface area contributed by atoms with Crippen molar-refractivity contribution in [3.05, 3.63) is 24.3 Å². The van der Waals surface area contributed by atoms with Crippen molar-refractivity contribution in [2.24, 2.45) is 0 Å². The van der Waals surface area contributed by atoms with E-state index in [1.165, 1.54) is 0 Å². The third-order valence-corrected chi connectivity index (χ3v) is 3.50. The van der Waals surface area contributed by atoms with Crippen molar-refractivity contribution < 1.29 is 19.4 Å². The summed E-state index contributed by atoms with van der Waals surface area (Å²) in [7, 11) is 1.56. The fourth-order valence-corrected chi connectivity index (χ4v) is 2.41. The number of rotatable bonds is 5. The predicted molar refractivity (Wildman–Crippen MR) is 74.9 cm³/mol. The van der Waals surface area contributed by atoms with Crippen LogP contribution in [0.1, 0.15) is 25.7 Å². The van der Waals surface area contributed by atoms with E-state index < -0.39 is 6.10 Å². The van der Waals surface area contributed by atoms with Gasteiger partial charge in [-0.25, -0.2) is 0 Å². The van der Waals surface area contributed by atoms with Crippen LogP contribution in [0.5, 0.6) is 11.5 Å². The van der Waals surface area contributed by atoms with Gasteiger partial charge >= 0.3 is 0 Å². The molecule has 5 heteroatoms. The molecular weight excluding hydrogens is 258 g/mol. The average molecular weight is 279 g/mol. The Hall–Kier alpha value is -1.75. The number of carbonyl (C=O) groups is 1. The Morgan fingerprint density at radius 1 is 1.30 bits per heavy atom. The maximum atomic E-state index is 11.8. The molecular formula is C15H21NO4. The quantitative estimate of drug-likeness (QED) is 0.857. The molecule has 1 aromatic carbocycles. The number of para-hydroxylation sites is 2. The van der Waals surface area contributed by atoms with Gasteiger partial charge in [0.25, 0.3) is 5.91 Å². The van der Waals surface area contributed by atoms with E-state index >= 15 is 0 Å². The summed E-state index contributed by atoms with van der Waals surface area (Å²) >= 11 is 0. The number of benzene rings is 1. The van der Waals surface area contributed by atoms with Gasteiger partial charge in [0.1, 0.15) is 0 Å². The van der Waals surface area contributed by atoms with E-state index in [1.807, 2.05) is 12.1 Å². The van der Waals surface area contributed by atoms with Gasteiger partial charge in [-0.3, -0.25) is 4.79 Å². The molecule has 1 saturated carbocycles. The zero-order valence-electron chi connectivity index (χ0n) is 11.7. The lowest BCUT2D eigenvalue weighted by atomic mass is 9.92. The fraction of sp³-hybridized carbons (Fsp3) is 0.533. The van der Waals surface area contributed by atoms with Gasteiger partial charge in [-0.2, -0.15) is 0 Å². The molecule has 5 nitrogen and oxygen atoms in total. The number of hydrogen-bond acceptors (Lipinski definition) is 4. The lowest BCUT2D eigenvalue weighted by Gasteiger charge is -2.28. The van der Waals surface area contributed by atoms with Crippen LogP contribution in [0.3, 0.4) is 0 Å². The molecule has 0 spiro atoms. The summed E-state index contributed by atoms with van der Waals surface area (Å²) in [6.07, 6.45) is 3.18. The normalized spacial score (nSPS) is 22.1. The van der Waals surface area contributed by atoms with E-state index in [9.17, 15) is 9.90 Å². The average Bonchev–Trinajstić information content (AvgIpc) is 2.48. The third-order valence-electron chi connectivity index (χ3n) is 3.50. The first-order valence-corrected chi connectivity index (χ1v) is 6.94. The highest BCUT2D eigenvalue weighted by Crippen LogP contribution is 2.25. The van der Waals surface area contributed by atoms with Gasteiger partial charge in [0.05, 0.1) is 19.3 Å². The van der Waals surface area contributed by atoms with Crippen molar-refractivity contribution in [1.82, 2.24) is 5.32 Å². The van der Waals surface area contributed by atoms with Gasteiger partial charge in [0.2, 0.25) is 0 Å². The molecule has 1 aliphatic rings. The van der Waals surface area contributed by atoms with Crippen LogP contribution in [0, 0.1) is 0 Å². The molecule has 2 unspecified atom stereocenters. The molecule has 20 heavy (non-hydrogen) atoms. The van der Waals surface area contributed by atoms with Crippen molar-refractivity contribution in [2.45, 2.75) is 37.8 Å². The standard InChI is InChI=1S/C15H21NO4/c1-19-13-8-4-5-9-14(13)20-10-15(18)16-11-6-2-3-7-12(11)17/h4-5,8-9,11-12,17H,2-3,6-7,10H2,1H3,(H,16,18). The second-order valence-corrected chi connectivity index (χ2v) is 4.97. The first-order chi connectivity index (χ1) is 9.70. The molecule has 2 rings (SSSR count). The molecule has 0 radical (unpaired) electrons. The topological polar surface area (TPSA) is 67.8 Å². The number of ether oxygens (including phenoxy) is 2. The van der Waals surface area contributed by atoms with E-state index in [-0.39, 0.29) is 18.6 Å². The molecule has 0 aliphatic heterocycles. The smallest absolute Gasteiger partial charge is 0.258 e. The fourth-order valence-electron chi connectivity index (χ4n) is 2.41. The van der Waals surface area contributed by atoms with Crippen molar-refractivity contribution in [3.8, 4) is 11.5 Å². The van der Waals surface area contributed by atoms with Crippen LogP contribution in [0.15, 0.2) is 24.3 Å². The Labute approximate surface area is 118 Å². The van der Waals surface area contributed by atoms with Gasteiger partial charge < -0.3 is 19.9 Å². The highest BCUT2D eigenvalue weighted by molar-refractivity contribution is 5.78. The Morgan fingerprint density at radius 3 is 2.70 bits per heavy atom. The van der Waals surface area contributed by atoms with Crippen LogP contribution in [-0.2, 0) is 4.79 Å². The van der Waals surface area contributed by atoms with Crippen LogP contribution in [-0.4, -0.2) is 36.9 Å². The first kappa shape index (κ1) is 14.7. The first-order valence-electron chi connectivity index (χ1n) is 6.94. The Bertz CT molecular complexity index is 449. The van der Waals surface area contributed by atoms with Crippen molar-refractivity contribution in [3.63, 3.8) is 0 Å². The van der Waals surface area contributed by atoms with Gasteiger partial charge in [0.15, 0.2) is 18.1 Å². The second-order valence-electron chi connectivity index (χ2n) is 4.97. The number of aliphatic hydroxyl groups excluding tert-OH is 1. The van der Waals surface area contributed by atoms with Crippen LogP contribution < -0.4 is 14.8 Å². The van der Waals surface area contributed by atoms with E-state index in [0.717, 1.165) is 25.7 Å². The summed E-state index contributed by atoms with van der Waals surface area (Å²) in [4.78, 5) is 11.8. The van der Waals surface area contributed by atoms with Crippen molar-refractivity contribution in [2.75, 3.05) is 13.7 Å². The van der Waals surface area contributed by atoms with Crippen molar-refractivity contribution in [1.29, 1.82) is 0 Å². The molecule has 1 amide bonds. The zero-order chi connectivity index (χ0) is 14.4. The second kappa shape index (κ2) is 7.14. The summed E-state index contributed by atoms with van der Waals surface area (Å²) in [5.74, 6) is 0.911. The van der Waals surface area contributed by atoms with Gasteiger partial charge in [0, 0.05) is 0 Å². The number of amides is 1. The number of methoxy groups -OCH3 is 1. The largest absolute Gasteiger partial charge is 0.493 e. The number of carbonyl (C=O) groups excluding carboxylic acids is 1. The van der Waals surface area contributed by atoms with Gasteiger partial charge in [-0.1, -0.05) is 25.0 Å². The molecule has 2 N–H and O–H groups in total. The molecule has 2 atom stereocenters. The van der Waals surface area contributed by atoms with Gasteiger partial charge in [-0.05, 0) is 25.0 Å². The Morgan fingerprint density at radius 2 is 2.00 bits per heavy atom.